The van der Waals surface area contributed by atoms with Crippen molar-refractivity contribution in [3.63, 3.8) is 0 Å². The number of aldehydes is 2. The first-order valence-electron chi connectivity index (χ1n) is 14.0. The molecule has 37 heavy (non-hydrogen) atoms. The van der Waals surface area contributed by atoms with Gasteiger partial charge in [-0.3, -0.25) is 4.79 Å². The molecule has 0 bridgehead atoms. The van der Waals surface area contributed by atoms with Crippen molar-refractivity contribution in [1.29, 1.82) is 0 Å². The molecule has 0 aromatic heterocycles. The quantitative estimate of drug-likeness (QED) is 0.0964. The molecule has 0 radical (unpaired) electrons. The highest BCUT2D eigenvalue weighted by Crippen LogP contribution is 2.40. The zero-order valence-electron chi connectivity index (χ0n) is 22.7. The first-order chi connectivity index (χ1) is 18.0. The molecule has 1 saturated heterocycles. The molecule has 1 aliphatic heterocycles. The van der Waals surface area contributed by atoms with Gasteiger partial charge in [0.2, 0.25) is 11.7 Å². The van der Waals surface area contributed by atoms with Crippen molar-refractivity contribution < 1.29 is 28.9 Å². The Kier molecular flexibility index (Phi) is 14.4. The van der Waals surface area contributed by atoms with E-state index in [1.165, 1.54) is 6.08 Å². The van der Waals surface area contributed by atoms with E-state index >= 15 is 0 Å². The van der Waals surface area contributed by atoms with Gasteiger partial charge in [-0.2, -0.15) is 4.89 Å². The molecule has 1 aliphatic rings. The van der Waals surface area contributed by atoms with E-state index in [9.17, 15) is 14.4 Å². The summed E-state index contributed by atoms with van der Waals surface area (Å²) in [5.74, 6) is -0.977. The van der Waals surface area contributed by atoms with Gasteiger partial charge in [0.1, 0.15) is 12.6 Å². The molecule has 1 aromatic carbocycles. The van der Waals surface area contributed by atoms with Crippen LogP contribution in [0.4, 0.5) is 0 Å². The average Bonchev–Trinajstić information content (AvgIpc) is 2.93. The number of unbranched alkanes of at least 4 members (excludes halogenated alkanes) is 6. The lowest BCUT2D eigenvalue weighted by molar-refractivity contribution is -0.511. The molecular formula is C30H45NO6. The second kappa shape index (κ2) is 17.2. The third kappa shape index (κ3) is 10.1. The Balaban J connectivity index is 2.23. The van der Waals surface area contributed by atoms with Crippen molar-refractivity contribution in [3.8, 4) is 0 Å². The first kappa shape index (κ1) is 30.9. The molecule has 0 N–H and O–H groups in total. The smallest absolute Gasteiger partial charge is 0.246 e. The van der Waals surface area contributed by atoms with Crippen LogP contribution in [0.15, 0.2) is 42.5 Å². The van der Waals surface area contributed by atoms with Crippen LogP contribution in [0, 0.1) is 0 Å². The summed E-state index contributed by atoms with van der Waals surface area (Å²) < 4.78 is 6.48. The van der Waals surface area contributed by atoms with Gasteiger partial charge in [-0.25, -0.2) is 4.89 Å². The molecule has 1 aromatic rings. The minimum Gasteiger partial charge on any atom is -0.343 e. The van der Waals surface area contributed by atoms with Crippen LogP contribution < -0.4 is 0 Å². The fourth-order valence-corrected chi connectivity index (χ4v) is 4.48. The number of hydrogen-bond acceptors (Lipinski definition) is 6. The van der Waals surface area contributed by atoms with Crippen LogP contribution in [0.25, 0.3) is 0 Å². The van der Waals surface area contributed by atoms with Gasteiger partial charge >= 0.3 is 0 Å². The van der Waals surface area contributed by atoms with Crippen LogP contribution in [0.1, 0.15) is 96.5 Å². The Hall–Kier alpha value is -2.35. The topological polar surface area (TPSA) is 82.1 Å². The van der Waals surface area contributed by atoms with Crippen molar-refractivity contribution in [2.24, 2.45) is 0 Å². The molecule has 1 heterocycles. The normalized spacial score (nSPS) is 19.1. The molecule has 7 nitrogen and oxygen atoms in total. The van der Waals surface area contributed by atoms with Crippen molar-refractivity contribution in [2.75, 3.05) is 19.7 Å². The summed E-state index contributed by atoms with van der Waals surface area (Å²) in [6, 6.07) is 9.65. The number of rotatable bonds is 19. The van der Waals surface area contributed by atoms with Gasteiger partial charge in [0.15, 0.2) is 5.60 Å². The highest BCUT2D eigenvalue weighted by Gasteiger charge is 2.46. The molecule has 1 amide bonds. The minimum atomic E-state index is -1.06. The van der Waals surface area contributed by atoms with Gasteiger partial charge in [-0.15, -0.1) is 0 Å². The summed E-state index contributed by atoms with van der Waals surface area (Å²) >= 11 is 0. The lowest BCUT2D eigenvalue weighted by Crippen LogP contribution is -2.50. The number of carbonyl (C=O) groups is 3. The van der Waals surface area contributed by atoms with Crippen molar-refractivity contribution in [2.45, 2.75) is 102 Å². The van der Waals surface area contributed by atoms with Crippen LogP contribution in [0.2, 0.25) is 0 Å². The zero-order chi connectivity index (χ0) is 26.8. The highest BCUT2D eigenvalue weighted by atomic mass is 17.2. The molecule has 206 valence electrons. The summed E-state index contributed by atoms with van der Waals surface area (Å²) in [6.07, 6.45) is 14.8. The molecule has 0 saturated carbocycles. The van der Waals surface area contributed by atoms with Crippen LogP contribution >= 0.6 is 0 Å². The first-order valence-corrected chi connectivity index (χ1v) is 14.0. The van der Waals surface area contributed by atoms with E-state index in [4.69, 9.17) is 14.5 Å². The van der Waals surface area contributed by atoms with E-state index in [1.54, 1.807) is 11.0 Å². The molecule has 0 aliphatic carbocycles. The Bertz CT molecular complexity index is 791. The van der Waals surface area contributed by atoms with Crippen molar-refractivity contribution in [1.82, 2.24) is 4.90 Å². The van der Waals surface area contributed by atoms with Crippen LogP contribution in [0.3, 0.4) is 0 Å². The van der Waals surface area contributed by atoms with E-state index in [2.05, 4.69) is 13.8 Å². The maximum absolute atomic E-state index is 13.1. The predicted molar refractivity (Wildman–Crippen MR) is 144 cm³/mol. The van der Waals surface area contributed by atoms with E-state index < -0.39 is 11.4 Å². The van der Waals surface area contributed by atoms with Gasteiger partial charge < -0.3 is 19.2 Å². The number of hydrogen-bond donors (Lipinski definition) is 0. The van der Waals surface area contributed by atoms with E-state index in [0.717, 1.165) is 69.5 Å². The Labute approximate surface area is 222 Å². The molecule has 0 spiro atoms. The maximum Gasteiger partial charge on any atom is 0.246 e. The third-order valence-corrected chi connectivity index (χ3v) is 6.78. The maximum atomic E-state index is 13.1. The number of nitrogens with zero attached hydrogens (tertiary/aromatic N) is 1. The zero-order valence-corrected chi connectivity index (χ0v) is 22.7. The Morgan fingerprint density at radius 3 is 1.95 bits per heavy atom. The summed E-state index contributed by atoms with van der Waals surface area (Å²) in [7, 11) is 0. The van der Waals surface area contributed by atoms with E-state index in [1.807, 2.05) is 30.3 Å². The minimum absolute atomic E-state index is 0.196. The van der Waals surface area contributed by atoms with Crippen LogP contribution in [-0.4, -0.2) is 48.9 Å². The second-order valence-electron chi connectivity index (χ2n) is 9.81. The highest BCUT2D eigenvalue weighted by molar-refractivity contribution is 5.87. The van der Waals surface area contributed by atoms with Gasteiger partial charge in [0.25, 0.3) is 0 Å². The molecule has 2 rings (SSSR count). The molecular weight excluding hydrogens is 470 g/mol. The number of ether oxygens (including phenoxy) is 1. The largest absolute Gasteiger partial charge is 0.343 e. The summed E-state index contributed by atoms with van der Waals surface area (Å²) in [5, 5.41) is 0. The monoisotopic (exact) mass is 515 g/mol. The van der Waals surface area contributed by atoms with Gasteiger partial charge in [-0.1, -0.05) is 69.9 Å². The third-order valence-electron chi connectivity index (χ3n) is 6.78. The predicted octanol–water partition coefficient (Wildman–Crippen LogP) is 6.06. The van der Waals surface area contributed by atoms with E-state index in [-0.39, 0.29) is 12.5 Å². The summed E-state index contributed by atoms with van der Waals surface area (Å²) in [4.78, 5) is 48.6. The molecule has 1 fully saturated rings. The number of benzene rings is 1. The van der Waals surface area contributed by atoms with E-state index in [0.29, 0.717) is 38.8 Å². The Morgan fingerprint density at radius 1 is 0.865 bits per heavy atom. The summed E-state index contributed by atoms with van der Waals surface area (Å²) in [5.41, 5.74) is -0.226. The van der Waals surface area contributed by atoms with Gasteiger partial charge in [0.05, 0.1) is 6.61 Å². The summed E-state index contributed by atoms with van der Waals surface area (Å²) in [6.45, 7) is 5.48. The fourth-order valence-electron chi connectivity index (χ4n) is 4.48. The van der Waals surface area contributed by atoms with Gasteiger partial charge in [-0.05, 0) is 37.3 Å². The Morgan fingerprint density at radius 2 is 1.46 bits per heavy atom. The average molecular weight is 516 g/mol. The van der Waals surface area contributed by atoms with Crippen LogP contribution in [0.5, 0.6) is 0 Å². The number of carbonyl (C=O) groups excluding carboxylic acids is 3. The van der Waals surface area contributed by atoms with Crippen molar-refractivity contribution in [3.05, 3.63) is 48.0 Å². The van der Waals surface area contributed by atoms with Crippen LogP contribution in [-0.2, 0) is 34.5 Å². The lowest BCUT2D eigenvalue weighted by Gasteiger charge is -2.44. The second-order valence-corrected chi connectivity index (χ2v) is 9.81. The SMILES string of the molecule is CCCCCC1(CCCCC)OCC(/C=C/C(=O)N(CCCC=O)CCCC=O)(c2ccccc2)OO1. The fraction of sp³-hybridized carbons (Fsp3) is 0.633. The van der Waals surface area contributed by atoms with Crippen molar-refractivity contribution >= 4 is 18.5 Å². The molecule has 1 unspecified atom stereocenters. The molecule has 7 heteroatoms. The number of amides is 1. The standard InChI is InChI=1S/C30H45NO6/c1-3-5-10-19-30(20-11-6-4-2)35-26-29(36-37-30,27-16-8-7-9-17-27)21-18-28(34)31(22-12-14-24-32)23-13-15-25-33/h7-9,16-18,21,24-25H,3-6,10-15,19-20,22-23,26H2,1-2H3/b21-18+. The van der Waals surface area contributed by atoms with Gasteiger partial charge in [0, 0.05) is 44.8 Å². The lowest BCUT2D eigenvalue weighted by atomic mass is 9.92. The molecule has 1 atom stereocenters.